The van der Waals surface area contributed by atoms with Crippen molar-refractivity contribution in [3.05, 3.63) is 47.7 Å². The number of amides is 1. The summed E-state index contributed by atoms with van der Waals surface area (Å²) in [4.78, 5) is 23.5. The van der Waals surface area contributed by atoms with Crippen LogP contribution in [-0.4, -0.2) is 28.2 Å². The van der Waals surface area contributed by atoms with Gasteiger partial charge in [-0.05, 0) is 43.7 Å². The van der Waals surface area contributed by atoms with E-state index in [9.17, 15) is 14.7 Å². The van der Waals surface area contributed by atoms with Crippen LogP contribution in [0.1, 0.15) is 29.9 Å². The first-order valence-electron chi connectivity index (χ1n) is 8.70. The molecule has 0 saturated heterocycles. The minimum atomic E-state index is -0.396. The zero-order chi connectivity index (χ0) is 19.7. The number of hydrogen-bond acceptors (Lipinski definition) is 4. The molecule has 3 aromatic rings. The number of phenolic OH excluding ortho intramolecular Hbond substituents is 1. The molecule has 0 spiro atoms. The Balaban J connectivity index is 2.11. The summed E-state index contributed by atoms with van der Waals surface area (Å²) in [5.41, 5.74) is 4.21. The van der Waals surface area contributed by atoms with Gasteiger partial charge in [0.1, 0.15) is 5.75 Å². The maximum absolute atomic E-state index is 12.3. The average molecular weight is 366 g/mol. The molecule has 2 aromatic carbocycles. The van der Waals surface area contributed by atoms with Crippen LogP contribution >= 0.6 is 0 Å². The summed E-state index contributed by atoms with van der Waals surface area (Å²) in [7, 11) is 1.88. The van der Waals surface area contributed by atoms with E-state index in [-0.39, 0.29) is 11.7 Å². The minimum Gasteiger partial charge on any atom is -0.507 e. The number of benzene rings is 2. The minimum absolute atomic E-state index is 0.0749. The summed E-state index contributed by atoms with van der Waals surface area (Å²) < 4.78 is 7.07. The van der Waals surface area contributed by atoms with E-state index in [2.05, 4.69) is 5.32 Å². The lowest BCUT2D eigenvalue weighted by molar-refractivity contribution is -0.114. The van der Waals surface area contributed by atoms with Crippen molar-refractivity contribution in [1.82, 2.24) is 4.57 Å². The number of aryl methyl sites for hydroxylation is 1. The Morgan fingerprint density at radius 1 is 1.19 bits per heavy atom. The van der Waals surface area contributed by atoms with E-state index in [0.29, 0.717) is 28.8 Å². The second-order valence-electron chi connectivity index (χ2n) is 6.38. The molecule has 0 unspecified atom stereocenters. The molecule has 0 radical (unpaired) electrons. The molecule has 27 heavy (non-hydrogen) atoms. The Hall–Kier alpha value is -3.28. The predicted molar refractivity (Wildman–Crippen MR) is 105 cm³/mol. The van der Waals surface area contributed by atoms with Crippen molar-refractivity contribution < 1.29 is 19.4 Å². The molecule has 0 saturated carbocycles. The summed E-state index contributed by atoms with van der Waals surface area (Å²) in [6, 6.07) is 10.7. The molecule has 1 amide bonds. The maximum atomic E-state index is 12.3. The summed E-state index contributed by atoms with van der Waals surface area (Å²) in [5, 5.41) is 14.0. The van der Waals surface area contributed by atoms with E-state index in [0.717, 1.165) is 16.8 Å². The van der Waals surface area contributed by atoms with E-state index in [4.69, 9.17) is 4.74 Å². The number of rotatable bonds is 4. The smallest absolute Gasteiger partial charge is 0.340 e. The second kappa shape index (κ2) is 7.15. The molecular formula is C21H22N2O4. The fraction of sp³-hybridized carbons (Fsp3) is 0.238. The van der Waals surface area contributed by atoms with Crippen molar-refractivity contribution >= 4 is 28.5 Å². The number of fused-ring (bicyclic) bond motifs is 1. The normalized spacial score (nSPS) is 10.8. The topological polar surface area (TPSA) is 80.6 Å². The first-order valence-corrected chi connectivity index (χ1v) is 8.70. The zero-order valence-corrected chi connectivity index (χ0v) is 15.8. The van der Waals surface area contributed by atoms with Crippen LogP contribution in [0.2, 0.25) is 0 Å². The van der Waals surface area contributed by atoms with Crippen molar-refractivity contribution in [1.29, 1.82) is 0 Å². The average Bonchev–Trinajstić information content (AvgIpc) is 2.85. The largest absolute Gasteiger partial charge is 0.507 e. The van der Waals surface area contributed by atoms with Crippen LogP contribution < -0.4 is 5.32 Å². The van der Waals surface area contributed by atoms with E-state index in [1.54, 1.807) is 25.1 Å². The van der Waals surface area contributed by atoms with Crippen molar-refractivity contribution in [3.8, 4) is 16.9 Å². The molecule has 6 nitrogen and oxygen atoms in total. The third kappa shape index (κ3) is 3.38. The number of carbonyl (C=O) groups is 2. The molecule has 1 heterocycles. The predicted octanol–water partition coefficient (Wildman–Crippen LogP) is 3.99. The Labute approximate surface area is 157 Å². The molecule has 0 atom stereocenters. The molecule has 6 heteroatoms. The quantitative estimate of drug-likeness (QED) is 0.684. The molecule has 0 aliphatic carbocycles. The highest BCUT2D eigenvalue weighted by molar-refractivity contribution is 6.07. The van der Waals surface area contributed by atoms with Gasteiger partial charge in [0.05, 0.1) is 12.2 Å². The van der Waals surface area contributed by atoms with Gasteiger partial charge >= 0.3 is 5.97 Å². The molecule has 3 rings (SSSR count). The van der Waals surface area contributed by atoms with Crippen molar-refractivity contribution in [2.75, 3.05) is 11.9 Å². The van der Waals surface area contributed by atoms with Crippen molar-refractivity contribution in [3.63, 3.8) is 0 Å². The van der Waals surface area contributed by atoms with E-state index < -0.39 is 5.97 Å². The van der Waals surface area contributed by atoms with Crippen LogP contribution in [-0.2, 0) is 16.6 Å². The van der Waals surface area contributed by atoms with Gasteiger partial charge in [0.25, 0.3) is 0 Å². The number of aromatic nitrogens is 1. The lowest BCUT2D eigenvalue weighted by Crippen LogP contribution is -2.06. The van der Waals surface area contributed by atoms with Gasteiger partial charge in [0, 0.05) is 41.8 Å². The maximum Gasteiger partial charge on any atom is 0.340 e. The van der Waals surface area contributed by atoms with Gasteiger partial charge in [-0.25, -0.2) is 4.79 Å². The number of phenols is 1. The standard InChI is InChI=1S/C21H22N2O4/c1-5-27-21(26)20-12(2)23(4)18-10-16(19(25)11-17(18)20)14-6-8-15(9-7-14)22-13(3)24/h6-11,25H,5H2,1-4H3,(H,22,24). The fourth-order valence-corrected chi connectivity index (χ4v) is 3.23. The Kier molecular flexibility index (Phi) is 4.90. The Morgan fingerprint density at radius 2 is 1.85 bits per heavy atom. The van der Waals surface area contributed by atoms with Gasteiger partial charge in [-0.1, -0.05) is 12.1 Å². The van der Waals surface area contributed by atoms with E-state index in [1.807, 2.05) is 36.7 Å². The summed E-state index contributed by atoms with van der Waals surface area (Å²) in [5.74, 6) is -0.462. The lowest BCUT2D eigenvalue weighted by Gasteiger charge is -2.09. The summed E-state index contributed by atoms with van der Waals surface area (Å²) in [6.45, 7) is 5.36. The molecule has 140 valence electrons. The van der Waals surface area contributed by atoms with Crippen LogP contribution in [0.4, 0.5) is 5.69 Å². The lowest BCUT2D eigenvalue weighted by atomic mass is 10.0. The molecular weight excluding hydrogens is 344 g/mol. The molecule has 0 fully saturated rings. The number of carbonyl (C=O) groups excluding carboxylic acids is 2. The fourth-order valence-electron chi connectivity index (χ4n) is 3.23. The Bertz CT molecular complexity index is 1030. The van der Waals surface area contributed by atoms with Gasteiger partial charge in [-0.3, -0.25) is 4.79 Å². The van der Waals surface area contributed by atoms with Crippen LogP contribution in [0, 0.1) is 6.92 Å². The van der Waals surface area contributed by atoms with Gasteiger partial charge in [-0.15, -0.1) is 0 Å². The van der Waals surface area contributed by atoms with E-state index in [1.165, 1.54) is 6.92 Å². The third-order valence-corrected chi connectivity index (χ3v) is 4.61. The van der Waals surface area contributed by atoms with Crippen molar-refractivity contribution in [2.24, 2.45) is 7.05 Å². The number of anilines is 1. The first-order chi connectivity index (χ1) is 12.8. The SMILES string of the molecule is CCOC(=O)c1c(C)n(C)c2cc(-c3ccc(NC(C)=O)cc3)c(O)cc12. The number of nitrogens with one attached hydrogen (secondary N) is 1. The first kappa shape index (κ1) is 18.5. The molecule has 0 bridgehead atoms. The van der Waals surface area contributed by atoms with Crippen LogP contribution in [0.25, 0.3) is 22.0 Å². The summed E-state index contributed by atoms with van der Waals surface area (Å²) in [6.07, 6.45) is 0. The van der Waals surface area contributed by atoms with Crippen LogP contribution in [0.5, 0.6) is 5.75 Å². The second-order valence-corrected chi connectivity index (χ2v) is 6.38. The van der Waals surface area contributed by atoms with Crippen LogP contribution in [0.3, 0.4) is 0 Å². The van der Waals surface area contributed by atoms with Gasteiger partial charge in [0.15, 0.2) is 0 Å². The number of nitrogens with zero attached hydrogens (tertiary/aromatic N) is 1. The Morgan fingerprint density at radius 3 is 2.44 bits per heavy atom. The molecule has 0 aliphatic rings. The number of hydrogen-bond donors (Lipinski definition) is 2. The van der Waals surface area contributed by atoms with E-state index >= 15 is 0 Å². The highest BCUT2D eigenvalue weighted by Gasteiger charge is 2.21. The highest BCUT2D eigenvalue weighted by Crippen LogP contribution is 2.37. The monoisotopic (exact) mass is 366 g/mol. The number of aromatic hydroxyl groups is 1. The van der Waals surface area contributed by atoms with Gasteiger partial charge in [-0.2, -0.15) is 0 Å². The van der Waals surface area contributed by atoms with Gasteiger partial charge < -0.3 is 19.7 Å². The highest BCUT2D eigenvalue weighted by atomic mass is 16.5. The van der Waals surface area contributed by atoms with Gasteiger partial charge in [0.2, 0.25) is 5.91 Å². The van der Waals surface area contributed by atoms with Crippen molar-refractivity contribution in [2.45, 2.75) is 20.8 Å². The third-order valence-electron chi connectivity index (χ3n) is 4.61. The number of esters is 1. The zero-order valence-electron chi connectivity index (χ0n) is 15.8. The molecule has 0 aliphatic heterocycles. The molecule has 1 aromatic heterocycles. The van der Waals surface area contributed by atoms with Crippen LogP contribution in [0.15, 0.2) is 36.4 Å². The molecule has 2 N–H and O–H groups in total. The summed E-state index contributed by atoms with van der Waals surface area (Å²) >= 11 is 0. The number of ether oxygens (including phenoxy) is 1.